The Labute approximate surface area is 197 Å². The van der Waals surface area contributed by atoms with Crippen LogP contribution in [0.3, 0.4) is 0 Å². The van der Waals surface area contributed by atoms with Gasteiger partial charge in [-0.3, -0.25) is 9.48 Å². The van der Waals surface area contributed by atoms with Gasteiger partial charge >= 0.3 is 0 Å². The number of rotatable bonds is 6. The van der Waals surface area contributed by atoms with Gasteiger partial charge in [-0.2, -0.15) is 5.10 Å². The summed E-state index contributed by atoms with van der Waals surface area (Å²) in [4.78, 5) is 17.0. The number of benzene rings is 1. The van der Waals surface area contributed by atoms with E-state index in [1.165, 1.54) is 17.6 Å². The van der Waals surface area contributed by atoms with E-state index in [2.05, 4.69) is 15.4 Å². The Kier molecular flexibility index (Phi) is 7.19. The maximum Gasteiger partial charge on any atom is 0.275 e. The highest BCUT2D eigenvalue weighted by Crippen LogP contribution is 2.35. The van der Waals surface area contributed by atoms with Crippen molar-refractivity contribution in [2.75, 3.05) is 18.5 Å². The fourth-order valence-corrected chi connectivity index (χ4v) is 4.60. The van der Waals surface area contributed by atoms with Crippen LogP contribution in [0, 0.1) is 11.6 Å². The molecule has 0 unspecified atom stereocenters. The highest BCUT2D eigenvalue weighted by Gasteiger charge is 2.30. The van der Waals surface area contributed by atoms with Gasteiger partial charge in [0.2, 0.25) is 0 Å². The first-order chi connectivity index (χ1) is 16.3. The van der Waals surface area contributed by atoms with Gasteiger partial charge in [0.05, 0.1) is 36.4 Å². The Morgan fingerprint density at radius 1 is 1.38 bits per heavy atom. The second kappa shape index (κ2) is 10.1. The summed E-state index contributed by atoms with van der Waals surface area (Å²) >= 11 is 0.929. The predicted molar refractivity (Wildman–Crippen MR) is 121 cm³/mol. The number of hydrogen-bond acceptors (Lipinski definition) is 7. The Morgan fingerprint density at radius 2 is 2.18 bits per heavy atom. The molecule has 8 nitrogen and oxygen atoms in total. The third-order valence-corrected chi connectivity index (χ3v) is 6.39. The molecular formula is C22H24F3N5O3S. The molecule has 182 valence electrons. The second-order valence-electron chi connectivity index (χ2n) is 7.81. The van der Waals surface area contributed by atoms with Gasteiger partial charge in [-0.15, -0.1) is 11.3 Å². The summed E-state index contributed by atoms with van der Waals surface area (Å²) in [6.45, 7) is 1.74. The van der Waals surface area contributed by atoms with Crippen molar-refractivity contribution in [3.05, 3.63) is 46.7 Å². The molecular weight excluding hydrogens is 471 g/mol. The molecule has 1 amide bonds. The van der Waals surface area contributed by atoms with Crippen LogP contribution in [0.2, 0.25) is 0 Å². The standard InChI is InChI=1S/C22H24F3N5O3S/c1-3-32-16-6-4-11(23)18(19(16)25)22-29-15(10-34-22)21(31)28-14-8-27-30(2)20(14)17-7-5-13(26)12(24)9-33-17/h4,6,8,10,12-13,17H,3,5,7,9,26H2,1-2H3,(H,28,31)/t12-,13-,17+/m1/s1. The average Bonchev–Trinajstić information content (AvgIpc) is 3.39. The summed E-state index contributed by atoms with van der Waals surface area (Å²) in [5.41, 5.74) is 6.35. The third-order valence-electron chi connectivity index (χ3n) is 5.53. The Bertz CT molecular complexity index is 1170. The summed E-state index contributed by atoms with van der Waals surface area (Å²) in [7, 11) is 1.68. The first kappa shape index (κ1) is 24.2. The zero-order valence-electron chi connectivity index (χ0n) is 18.6. The normalized spacial score (nSPS) is 20.7. The van der Waals surface area contributed by atoms with Crippen molar-refractivity contribution in [3.8, 4) is 16.3 Å². The number of halogens is 3. The smallest absolute Gasteiger partial charge is 0.275 e. The Balaban J connectivity index is 1.56. The molecule has 0 saturated carbocycles. The quantitative estimate of drug-likeness (QED) is 0.536. The van der Waals surface area contributed by atoms with Crippen LogP contribution in [0.25, 0.3) is 10.6 Å². The summed E-state index contributed by atoms with van der Waals surface area (Å²) in [6.07, 6.45) is 0.543. The number of ether oxygens (including phenoxy) is 2. The maximum absolute atomic E-state index is 14.8. The van der Waals surface area contributed by atoms with E-state index in [1.807, 2.05) is 0 Å². The van der Waals surface area contributed by atoms with Crippen LogP contribution in [0.5, 0.6) is 5.75 Å². The van der Waals surface area contributed by atoms with E-state index in [4.69, 9.17) is 15.2 Å². The molecule has 0 radical (unpaired) electrons. The van der Waals surface area contributed by atoms with E-state index < -0.39 is 35.9 Å². The van der Waals surface area contributed by atoms with Crippen LogP contribution in [0.15, 0.2) is 23.7 Å². The van der Waals surface area contributed by atoms with E-state index in [0.717, 1.165) is 17.4 Å². The van der Waals surface area contributed by atoms with Gasteiger partial charge < -0.3 is 20.5 Å². The van der Waals surface area contributed by atoms with Crippen LogP contribution in [0.4, 0.5) is 18.9 Å². The van der Waals surface area contributed by atoms with E-state index in [-0.39, 0.29) is 35.2 Å². The second-order valence-corrected chi connectivity index (χ2v) is 8.66. The number of nitrogens with two attached hydrogens (primary N) is 1. The molecule has 1 aliphatic rings. The zero-order chi connectivity index (χ0) is 24.4. The lowest BCUT2D eigenvalue weighted by atomic mass is 10.0. The van der Waals surface area contributed by atoms with Gasteiger partial charge in [-0.1, -0.05) is 0 Å². The van der Waals surface area contributed by atoms with E-state index >= 15 is 0 Å². The maximum atomic E-state index is 14.8. The minimum Gasteiger partial charge on any atom is -0.491 e. The molecule has 34 heavy (non-hydrogen) atoms. The number of aromatic nitrogens is 3. The van der Waals surface area contributed by atoms with Crippen LogP contribution >= 0.6 is 11.3 Å². The lowest BCUT2D eigenvalue weighted by Gasteiger charge is -2.17. The van der Waals surface area contributed by atoms with Crippen LogP contribution in [0.1, 0.15) is 42.1 Å². The van der Waals surface area contributed by atoms with Crippen molar-refractivity contribution < 1.29 is 27.4 Å². The average molecular weight is 496 g/mol. The summed E-state index contributed by atoms with van der Waals surface area (Å²) in [5, 5.41) is 8.30. The molecule has 1 saturated heterocycles. The van der Waals surface area contributed by atoms with E-state index in [1.54, 1.807) is 18.7 Å². The third kappa shape index (κ3) is 4.79. The number of nitrogens with zero attached hydrogens (tertiary/aromatic N) is 3. The molecule has 3 aromatic rings. The summed E-state index contributed by atoms with van der Waals surface area (Å²) < 4.78 is 55.5. The Morgan fingerprint density at radius 3 is 2.94 bits per heavy atom. The lowest BCUT2D eigenvalue weighted by molar-refractivity contribution is 0.0247. The molecule has 0 aliphatic carbocycles. The molecule has 1 aromatic carbocycles. The molecule has 12 heteroatoms. The molecule has 3 N–H and O–H groups in total. The number of anilines is 1. The number of aryl methyl sites for hydroxylation is 1. The number of amides is 1. The zero-order valence-corrected chi connectivity index (χ0v) is 19.4. The minimum atomic E-state index is -1.27. The van der Waals surface area contributed by atoms with Crippen LogP contribution in [-0.2, 0) is 11.8 Å². The summed E-state index contributed by atoms with van der Waals surface area (Å²) in [5.74, 6) is -2.38. The molecule has 3 heterocycles. The largest absolute Gasteiger partial charge is 0.491 e. The lowest BCUT2D eigenvalue weighted by Crippen LogP contribution is -2.32. The highest BCUT2D eigenvalue weighted by molar-refractivity contribution is 7.13. The molecule has 3 atom stereocenters. The number of thiazole rings is 1. The molecule has 4 rings (SSSR count). The van der Waals surface area contributed by atoms with Gasteiger partial charge in [-0.05, 0) is 31.9 Å². The van der Waals surface area contributed by atoms with Crippen molar-refractivity contribution in [1.82, 2.24) is 14.8 Å². The van der Waals surface area contributed by atoms with Crippen molar-refractivity contribution in [2.24, 2.45) is 12.8 Å². The molecule has 1 fully saturated rings. The number of nitrogens with one attached hydrogen (secondary N) is 1. The van der Waals surface area contributed by atoms with Gasteiger partial charge in [0.25, 0.3) is 5.91 Å². The fourth-order valence-electron chi connectivity index (χ4n) is 3.76. The van der Waals surface area contributed by atoms with E-state index in [0.29, 0.717) is 24.2 Å². The van der Waals surface area contributed by atoms with Gasteiger partial charge in [-0.25, -0.2) is 18.2 Å². The topological polar surface area (TPSA) is 104 Å². The molecule has 1 aliphatic heterocycles. The SMILES string of the molecule is CCOc1ccc(F)c(-c2nc(C(=O)Nc3cnn(C)c3[C@@H]3CC[C@@H](N)[C@H](F)CO3)cs2)c1F. The monoisotopic (exact) mass is 495 g/mol. The van der Waals surface area contributed by atoms with Gasteiger partial charge in [0.1, 0.15) is 28.8 Å². The minimum absolute atomic E-state index is 0.00295. The molecule has 2 aromatic heterocycles. The van der Waals surface area contributed by atoms with Gasteiger partial charge in [0, 0.05) is 18.5 Å². The highest BCUT2D eigenvalue weighted by atomic mass is 32.1. The summed E-state index contributed by atoms with van der Waals surface area (Å²) in [6, 6.07) is 1.68. The first-order valence-corrected chi connectivity index (χ1v) is 11.6. The van der Waals surface area contributed by atoms with Crippen LogP contribution in [-0.4, -0.2) is 46.1 Å². The van der Waals surface area contributed by atoms with Crippen molar-refractivity contribution in [1.29, 1.82) is 0 Å². The molecule has 0 bridgehead atoms. The Hall–Kier alpha value is -2.96. The predicted octanol–water partition coefficient (Wildman–Crippen LogP) is 3.99. The van der Waals surface area contributed by atoms with Crippen molar-refractivity contribution >= 4 is 22.9 Å². The fraction of sp³-hybridized carbons (Fsp3) is 0.409. The molecule has 0 spiro atoms. The van der Waals surface area contributed by atoms with Crippen LogP contribution < -0.4 is 15.8 Å². The number of carbonyl (C=O) groups is 1. The first-order valence-electron chi connectivity index (χ1n) is 10.7. The van der Waals surface area contributed by atoms with Crippen molar-refractivity contribution in [2.45, 2.75) is 38.1 Å². The van der Waals surface area contributed by atoms with E-state index in [9.17, 15) is 18.0 Å². The van der Waals surface area contributed by atoms with Gasteiger partial charge in [0.15, 0.2) is 11.6 Å². The number of alkyl halides is 1. The number of hydrogen-bond donors (Lipinski definition) is 2. The number of carbonyl (C=O) groups excluding carboxylic acids is 1. The van der Waals surface area contributed by atoms with Crippen molar-refractivity contribution in [3.63, 3.8) is 0 Å².